The number of carbonyl (C=O) groups excluding carboxylic acids is 2. The van der Waals surface area contributed by atoms with Gasteiger partial charge in [-0.15, -0.1) is 11.8 Å². The van der Waals surface area contributed by atoms with Crippen LogP contribution in [0, 0.1) is 6.92 Å². The average Bonchev–Trinajstić information content (AvgIpc) is 2.66. The zero-order valence-electron chi connectivity index (χ0n) is 15.6. The van der Waals surface area contributed by atoms with E-state index in [4.69, 9.17) is 0 Å². The van der Waals surface area contributed by atoms with E-state index in [1.54, 1.807) is 11.9 Å². The molecule has 4 nitrogen and oxygen atoms in total. The molecule has 1 atom stereocenters. The molecule has 0 unspecified atom stereocenters. The quantitative estimate of drug-likeness (QED) is 0.722. The normalized spacial score (nSPS) is 11.7. The van der Waals surface area contributed by atoms with Crippen molar-refractivity contribution in [1.82, 2.24) is 10.2 Å². The van der Waals surface area contributed by atoms with Gasteiger partial charge >= 0.3 is 0 Å². The van der Waals surface area contributed by atoms with E-state index in [1.165, 1.54) is 11.8 Å². The maximum absolute atomic E-state index is 13.0. The molecule has 2 amide bonds. The van der Waals surface area contributed by atoms with Gasteiger partial charge in [0.05, 0.1) is 5.75 Å². The summed E-state index contributed by atoms with van der Waals surface area (Å²) in [5.41, 5.74) is 2.17. The number of hydrogen-bond donors (Lipinski definition) is 1. The van der Waals surface area contributed by atoms with Gasteiger partial charge in [-0.3, -0.25) is 9.59 Å². The van der Waals surface area contributed by atoms with Crippen LogP contribution in [0.25, 0.3) is 0 Å². The molecule has 0 aliphatic heterocycles. The summed E-state index contributed by atoms with van der Waals surface area (Å²) in [6.07, 6.45) is 0.577. The second-order valence-corrected chi connectivity index (χ2v) is 7.20. The lowest BCUT2D eigenvalue weighted by Crippen LogP contribution is -2.48. The Morgan fingerprint density at radius 3 is 2.46 bits per heavy atom. The fourth-order valence-electron chi connectivity index (χ4n) is 2.84. The molecule has 1 N–H and O–H groups in total. The smallest absolute Gasteiger partial charge is 0.242 e. The highest BCUT2D eigenvalue weighted by molar-refractivity contribution is 8.00. The topological polar surface area (TPSA) is 49.4 Å². The zero-order valence-corrected chi connectivity index (χ0v) is 16.4. The van der Waals surface area contributed by atoms with Crippen LogP contribution in [0.3, 0.4) is 0 Å². The molecular weight excluding hydrogens is 344 g/mol. The van der Waals surface area contributed by atoms with E-state index < -0.39 is 6.04 Å². The van der Waals surface area contributed by atoms with Gasteiger partial charge in [-0.05, 0) is 31.0 Å². The SMILES string of the molecule is CC[C@H](C(=O)NC)N(Cc1cccc(C)c1)C(=O)CSc1ccccc1. The molecular formula is C21H26N2O2S. The minimum atomic E-state index is -0.468. The zero-order chi connectivity index (χ0) is 18.9. The van der Waals surface area contributed by atoms with Crippen molar-refractivity contribution in [3.63, 3.8) is 0 Å². The van der Waals surface area contributed by atoms with Gasteiger partial charge < -0.3 is 10.2 Å². The molecule has 0 bridgehead atoms. The van der Waals surface area contributed by atoms with Crippen molar-refractivity contribution < 1.29 is 9.59 Å². The van der Waals surface area contributed by atoms with Crippen molar-refractivity contribution in [2.75, 3.05) is 12.8 Å². The lowest BCUT2D eigenvalue weighted by molar-refractivity contribution is -0.139. The maximum atomic E-state index is 13.0. The standard InChI is InChI=1S/C21H26N2O2S/c1-4-19(21(25)22-3)23(14-17-10-8-9-16(2)13-17)20(24)15-26-18-11-6-5-7-12-18/h5-13,19H,4,14-15H2,1-3H3,(H,22,25)/t19-/m1/s1. The van der Waals surface area contributed by atoms with Crippen molar-refractivity contribution in [1.29, 1.82) is 0 Å². The number of hydrogen-bond acceptors (Lipinski definition) is 3. The molecule has 0 fully saturated rings. The van der Waals surface area contributed by atoms with Crippen LogP contribution in [0.1, 0.15) is 24.5 Å². The minimum Gasteiger partial charge on any atom is -0.357 e. The fourth-order valence-corrected chi connectivity index (χ4v) is 3.64. The van der Waals surface area contributed by atoms with Crippen LogP contribution in [0.2, 0.25) is 0 Å². The Hall–Kier alpha value is -2.27. The first-order valence-corrected chi connectivity index (χ1v) is 9.78. The first-order valence-electron chi connectivity index (χ1n) is 8.79. The predicted molar refractivity (Wildman–Crippen MR) is 107 cm³/mol. The van der Waals surface area contributed by atoms with Crippen LogP contribution < -0.4 is 5.32 Å². The molecule has 2 aromatic rings. The fraction of sp³-hybridized carbons (Fsp3) is 0.333. The van der Waals surface area contributed by atoms with Crippen LogP contribution in [-0.2, 0) is 16.1 Å². The number of rotatable bonds is 8. The van der Waals surface area contributed by atoms with Crippen LogP contribution in [0.15, 0.2) is 59.5 Å². The van der Waals surface area contributed by atoms with Crippen LogP contribution >= 0.6 is 11.8 Å². The monoisotopic (exact) mass is 370 g/mol. The number of aryl methyl sites for hydroxylation is 1. The van der Waals surface area contributed by atoms with Gasteiger partial charge in [0.2, 0.25) is 11.8 Å². The highest BCUT2D eigenvalue weighted by atomic mass is 32.2. The summed E-state index contributed by atoms with van der Waals surface area (Å²) in [6.45, 7) is 4.39. The summed E-state index contributed by atoms with van der Waals surface area (Å²) >= 11 is 1.49. The Bertz CT molecular complexity index is 734. The molecule has 2 rings (SSSR count). The van der Waals surface area contributed by atoms with Gasteiger partial charge in [-0.2, -0.15) is 0 Å². The van der Waals surface area contributed by atoms with E-state index in [0.29, 0.717) is 18.7 Å². The Labute approximate surface area is 160 Å². The van der Waals surface area contributed by atoms with Crippen LogP contribution in [0.4, 0.5) is 0 Å². The lowest BCUT2D eigenvalue weighted by atomic mass is 10.1. The first kappa shape index (κ1) is 20.0. The summed E-state index contributed by atoms with van der Waals surface area (Å²) < 4.78 is 0. The van der Waals surface area contributed by atoms with E-state index in [-0.39, 0.29) is 11.8 Å². The Kier molecular flexibility index (Phi) is 7.73. The Morgan fingerprint density at radius 1 is 1.12 bits per heavy atom. The van der Waals surface area contributed by atoms with Crippen molar-refractivity contribution >= 4 is 23.6 Å². The second kappa shape index (κ2) is 10.0. The van der Waals surface area contributed by atoms with E-state index in [9.17, 15) is 9.59 Å². The van der Waals surface area contributed by atoms with E-state index in [1.807, 2.05) is 62.4 Å². The minimum absolute atomic E-state index is 0.0317. The van der Waals surface area contributed by atoms with E-state index >= 15 is 0 Å². The summed E-state index contributed by atoms with van der Waals surface area (Å²) in [7, 11) is 1.61. The largest absolute Gasteiger partial charge is 0.357 e. The molecule has 0 heterocycles. The predicted octanol–water partition coefficient (Wildman–Crippen LogP) is 3.64. The number of carbonyl (C=O) groups is 2. The number of thioether (sulfide) groups is 1. The first-order chi connectivity index (χ1) is 12.5. The van der Waals surface area contributed by atoms with Crippen molar-refractivity contribution in [3.05, 3.63) is 65.7 Å². The molecule has 0 aliphatic rings. The Morgan fingerprint density at radius 2 is 1.85 bits per heavy atom. The molecule has 0 aliphatic carbocycles. The third kappa shape index (κ3) is 5.63. The number of amides is 2. The maximum Gasteiger partial charge on any atom is 0.242 e. The molecule has 0 aromatic heterocycles. The molecule has 5 heteroatoms. The number of benzene rings is 2. The molecule has 0 saturated heterocycles. The molecule has 0 radical (unpaired) electrons. The van der Waals surface area contributed by atoms with Crippen molar-refractivity contribution in [2.24, 2.45) is 0 Å². The van der Waals surface area contributed by atoms with Crippen LogP contribution in [-0.4, -0.2) is 35.6 Å². The number of nitrogens with one attached hydrogen (secondary N) is 1. The molecule has 2 aromatic carbocycles. The lowest BCUT2D eigenvalue weighted by Gasteiger charge is -2.30. The highest BCUT2D eigenvalue weighted by Crippen LogP contribution is 2.20. The highest BCUT2D eigenvalue weighted by Gasteiger charge is 2.27. The van der Waals surface area contributed by atoms with Crippen molar-refractivity contribution in [2.45, 2.75) is 37.8 Å². The van der Waals surface area contributed by atoms with E-state index in [2.05, 4.69) is 11.4 Å². The number of nitrogens with zero attached hydrogens (tertiary/aromatic N) is 1. The van der Waals surface area contributed by atoms with Crippen LogP contribution in [0.5, 0.6) is 0 Å². The molecule has 0 saturated carbocycles. The summed E-state index contributed by atoms with van der Waals surface area (Å²) in [5.74, 6) is 0.151. The van der Waals surface area contributed by atoms with Gasteiger partial charge in [-0.25, -0.2) is 0 Å². The van der Waals surface area contributed by atoms with Gasteiger partial charge in [0.1, 0.15) is 6.04 Å². The summed E-state index contributed by atoms with van der Waals surface area (Å²) in [5, 5.41) is 2.68. The van der Waals surface area contributed by atoms with Gasteiger partial charge in [0.25, 0.3) is 0 Å². The summed E-state index contributed by atoms with van der Waals surface area (Å²) in [4.78, 5) is 28.0. The van der Waals surface area contributed by atoms with Gasteiger partial charge in [0, 0.05) is 18.5 Å². The Balaban J connectivity index is 2.17. The molecule has 138 valence electrons. The molecule has 26 heavy (non-hydrogen) atoms. The average molecular weight is 371 g/mol. The second-order valence-electron chi connectivity index (χ2n) is 6.15. The van der Waals surface area contributed by atoms with Gasteiger partial charge in [0.15, 0.2) is 0 Å². The number of likely N-dealkylation sites (N-methyl/N-ethyl adjacent to an activating group) is 1. The van der Waals surface area contributed by atoms with Crippen molar-refractivity contribution in [3.8, 4) is 0 Å². The van der Waals surface area contributed by atoms with Gasteiger partial charge in [-0.1, -0.05) is 55.0 Å². The summed E-state index contributed by atoms with van der Waals surface area (Å²) in [6, 6.07) is 17.4. The third-order valence-corrected chi connectivity index (χ3v) is 5.17. The van der Waals surface area contributed by atoms with E-state index in [0.717, 1.165) is 16.0 Å². The third-order valence-electron chi connectivity index (χ3n) is 4.17. The molecule has 0 spiro atoms.